The smallest absolute Gasteiger partial charge is 0.321 e. The topological polar surface area (TPSA) is 52.7 Å². The number of Topliss-reactive ketones (excluding diaryl/α,β-unsaturated/α-hetero) is 1. The van der Waals surface area contributed by atoms with Gasteiger partial charge in [0.1, 0.15) is 0 Å². The summed E-state index contributed by atoms with van der Waals surface area (Å²) >= 11 is 6.01. The van der Waals surface area contributed by atoms with Crippen LogP contribution in [-0.4, -0.2) is 42.9 Å². The largest absolute Gasteiger partial charge is 0.368 e. The standard InChI is InChI=1S/C20H22ClN3O2/c1-14-3-6-17(21)13-19(14)22-20(26)24-11-9-23(10-12-24)18-7-4-16(5-8-18)15(2)25/h3-8,13H,9-12H2,1-2H3,(H,22,26). The molecule has 0 aromatic heterocycles. The summed E-state index contributed by atoms with van der Waals surface area (Å²) in [6, 6.07) is 13.0. The average molecular weight is 372 g/mol. The number of piperazine rings is 1. The van der Waals surface area contributed by atoms with Gasteiger partial charge in [0.15, 0.2) is 5.78 Å². The number of ketones is 1. The first-order valence-corrected chi connectivity index (χ1v) is 9.00. The fourth-order valence-corrected chi connectivity index (χ4v) is 3.17. The number of hydrogen-bond donors (Lipinski definition) is 1. The van der Waals surface area contributed by atoms with Crippen molar-refractivity contribution >= 4 is 34.8 Å². The van der Waals surface area contributed by atoms with Gasteiger partial charge in [0, 0.05) is 48.1 Å². The molecule has 0 saturated carbocycles. The molecular formula is C20H22ClN3O2. The minimum atomic E-state index is -0.109. The molecule has 5 nitrogen and oxygen atoms in total. The van der Waals surface area contributed by atoms with Crippen LogP contribution in [0.1, 0.15) is 22.8 Å². The summed E-state index contributed by atoms with van der Waals surface area (Å²) in [6.45, 7) is 6.28. The van der Waals surface area contributed by atoms with Gasteiger partial charge in [-0.25, -0.2) is 4.79 Å². The van der Waals surface area contributed by atoms with Crippen molar-refractivity contribution in [2.75, 3.05) is 36.4 Å². The van der Waals surface area contributed by atoms with E-state index in [2.05, 4.69) is 10.2 Å². The van der Waals surface area contributed by atoms with E-state index in [1.165, 1.54) is 0 Å². The van der Waals surface area contributed by atoms with Crippen molar-refractivity contribution in [3.63, 3.8) is 0 Å². The van der Waals surface area contributed by atoms with E-state index in [0.717, 1.165) is 30.0 Å². The van der Waals surface area contributed by atoms with Gasteiger partial charge in [-0.3, -0.25) is 4.79 Å². The third-order valence-corrected chi connectivity index (χ3v) is 4.88. The minimum absolute atomic E-state index is 0.0642. The van der Waals surface area contributed by atoms with Crippen molar-refractivity contribution < 1.29 is 9.59 Å². The van der Waals surface area contributed by atoms with Gasteiger partial charge in [-0.1, -0.05) is 17.7 Å². The van der Waals surface area contributed by atoms with Crippen LogP contribution in [0.2, 0.25) is 5.02 Å². The molecule has 0 unspecified atom stereocenters. The second-order valence-electron chi connectivity index (χ2n) is 6.47. The molecule has 3 rings (SSSR count). The fraction of sp³-hybridized carbons (Fsp3) is 0.300. The highest BCUT2D eigenvalue weighted by molar-refractivity contribution is 6.31. The van der Waals surface area contributed by atoms with Gasteiger partial charge in [-0.15, -0.1) is 0 Å². The van der Waals surface area contributed by atoms with Gasteiger partial charge in [-0.05, 0) is 55.8 Å². The summed E-state index contributed by atoms with van der Waals surface area (Å²) in [7, 11) is 0. The van der Waals surface area contributed by atoms with E-state index in [0.29, 0.717) is 23.7 Å². The molecule has 0 radical (unpaired) electrons. The summed E-state index contributed by atoms with van der Waals surface area (Å²) in [5, 5.41) is 3.54. The predicted molar refractivity (Wildman–Crippen MR) is 105 cm³/mol. The van der Waals surface area contributed by atoms with Crippen LogP contribution >= 0.6 is 11.6 Å². The molecule has 1 aliphatic heterocycles. The van der Waals surface area contributed by atoms with E-state index < -0.39 is 0 Å². The Kier molecular flexibility index (Phi) is 5.47. The van der Waals surface area contributed by atoms with Gasteiger partial charge >= 0.3 is 6.03 Å². The minimum Gasteiger partial charge on any atom is -0.368 e. The first kappa shape index (κ1) is 18.3. The van der Waals surface area contributed by atoms with Crippen molar-refractivity contribution in [2.24, 2.45) is 0 Å². The molecular weight excluding hydrogens is 350 g/mol. The van der Waals surface area contributed by atoms with E-state index in [1.54, 1.807) is 17.9 Å². The molecule has 6 heteroatoms. The Hall–Kier alpha value is -2.53. The average Bonchev–Trinajstić information content (AvgIpc) is 2.65. The number of rotatable bonds is 3. The summed E-state index contributed by atoms with van der Waals surface area (Å²) in [5.41, 5.74) is 3.50. The molecule has 0 atom stereocenters. The van der Waals surface area contributed by atoms with Crippen LogP contribution in [0, 0.1) is 6.92 Å². The number of hydrogen-bond acceptors (Lipinski definition) is 3. The third-order valence-electron chi connectivity index (χ3n) is 4.65. The van der Waals surface area contributed by atoms with Crippen LogP contribution in [0.15, 0.2) is 42.5 Å². The Morgan fingerprint density at radius 2 is 1.65 bits per heavy atom. The zero-order valence-corrected chi connectivity index (χ0v) is 15.7. The van der Waals surface area contributed by atoms with Crippen molar-refractivity contribution in [2.45, 2.75) is 13.8 Å². The quantitative estimate of drug-likeness (QED) is 0.822. The second-order valence-corrected chi connectivity index (χ2v) is 6.90. The Labute approximate surface area is 158 Å². The lowest BCUT2D eigenvalue weighted by molar-refractivity contribution is 0.101. The zero-order chi connectivity index (χ0) is 18.7. The highest BCUT2D eigenvalue weighted by atomic mass is 35.5. The summed E-state index contributed by atoms with van der Waals surface area (Å²) in [6.07, 6.45) is 0. The molecule has 1 N–H and O–H groups in total. The molecule has 0 aliphatic carbocycles. The van der Waals surface area contributed by atoms with Crippen LogP contribution < -0.4 is 10.2 Å². The number of carbonyl (C=O) groups excluding carboxylic acids is 2. The summed E-state index contributed by atoms with van der Waals surface area (Å²) < 4.78 is 0. The molecule has 2 amide bonds. The molecule has 0 bridgehead atoms. The lowest BCUT2D eigenvalue weighted by Crippen LogP contribution is -2.50. The van der Waals surface area contributed by atoms with Crippen LogP contribution in [0.25, 0.3) is 0 Å². The van der Waals surface area contributed by atoms with Gasteiger partial charge in [0.2, 0.25) is 0 Å². The number of urea groups is 1. The van der Waals surface area contributed by atoms with Crippen LogP contribution in [0.3, 0.4) is 0 Å². The Morgan fingerprint density at radius 3 is 2.27 bits per heavy atom. The first-order valence-electron chi connectivity index (χ1n) is 8.62. The SMILES string of the molecule is CC(=O)c1ccc(N2CCN(C(=O)Nc3cc(Cl)ccc3C)CC2)cc1. The number of amides is 2. The summed E-state index contributed by atoms with van der Waals surface area (Å²) in [4.78, 5) is 27.9. The molecule has 2 aromatic rings. The highest BCUT2D eigenvalue weighted by Gasteiger charge is 2.21. The Bertz CT molecular complexity index is 812. The normalized spacial score (nSPS) is 14.3. The van der Waals surface area contributed by atoms with Crippen LogP contribution in [-0.2, 0) is 0 Å². The van der Waals surface area contributed by atoms with E-state index in [-0.39, 0.29) is 11.8 Å². The monoisotopic (exact) mass is 371 g/mol. The van der Waals surface area contributed by atoms with Crippen molar-refractivity contribution in [1.82, 2.24) is 4.90 Å². The van der Waals surface area contributed by atoms with Gasteiger partial charge in [0.05, 0.1) is 0 Å². The van der Waals surface area contributed by atoms with Gasteiger partial charge in [-0.2, -0.15) is 0 Å². The van der Waals surface area contributed by atoms with Crippen molar-refractivity contribution in [1.29, 1.82) is 0 Å². The number of nitrogens with zero attached hydrogens (tertiary/aromatic N) is 2. The molecule has 1 saturated heterocycles. The molecule has 2 aromatic carbocycles. The third kappa shape index (κ3) is 4.17. The maximum atomic E-state index is 12.5. The van der Waals surface area contributed by atoms with Crippen LogP contribution in [0.4, 0.5) is 16.2 Å². The van der Waals surface area contributed by atoms with Gasteiger partial charge < -0.3 is 15.1 Å². The van der Waals surface area contributed by atoms with Gasteiger partial charge in [0.25, 0.3) is 0 Å². The number of benzene rings is 2. The zero-order valence-electron chi connectivity index (χ0n) is 15.0. The van der Waals surface area contributed by atoms with Crippen molar-refractivity contribution in [3.8, 4) is 0 Å². The highest BCUT2D eigenvalue weighted by Crippen LogP contribution is 2.22. The second kappa shape index (κ2) is 7.79. The first-order chi connectivity index (χ1) is 12.4. The molecule has 1 heterocycles. The number of anilines is 2. The van der Waals surface area contributed by atoms with Crippen LogP contribution in [0.5, 0.6) is 0 Å². The number of halogens is 1. The maximum absolute atomic E-state index is 12.5. The number of aryl methyl sites for hydroxylation is 1. The maximum Gasteiger partial charge on any atom is 0.321 e. The van der Waals surface area contributed by atoms with E-state index in [1.807, 2.05) is 43.3 Å². The van der Waals surface area contributed by atoms with Crippen molar-refractivity contribution in [3.05, 3.63) is 58.6 Å². The van der Waals surface area contributed by atoms with E-state index in [4.69, 9.17) is 11.6 Å². The fourth-order valence-electron chi connectivity index (χ4n) is 3.00. The molecule has 26 heavy (non-hydrogen) atoms. The molecule has 0 spiro atoms. The summed E-state index contributed by atoms with van der Waals surface area (Å²) in [5.74, 6) is 0.0642. The lowest BCUT2D eigenvalue weighted by Gasteiger charge is -2.36. The Balaban J connectivity index is 1.58. The number of nitrogens with one attached hydrogen (secondary N) is 1. The predicted octanol–water partition coefficient (Wildman–Crippen LogP) is 4.21. The Morgan fingerprint density at radius 1 is 1.00 bits per heavy atom. The molecule has 136 valence electrons. The lowest BCUT2D eigenvalue weighted by atomic mass is 10.1. The van der Waals surface area contributed by atoms with E-state index >= 15 is 0 Å². The molecule has 1 fully saturated rings. The van der Waals surface area contributed by atoms with E-state index in [9.17, 15) is 9.59 Å². The number of carbonyl (C=O) groups is 2. The molecule has 1 aliphatic rings.